The van der Waals surface area contributed by atoms with Crippen LogP contribution < -0.4 is 0 Å². The molecule has 5 nitrogen and oxygen atoms in total. The molecule has 0 radical (unpaired) electrons. The fourth-order valence-electron chi connectivity index (χ4n) is 2.10. The van der Waals surface area contributed by atoms with Gasteiger partial charge < -0.3 is 4.90 Å². The third kappa shape index (κ3) is 3.18. The zero-order valence-corrected chi connectivity index (χ0v) is 12.6. The number of nitrogens with zero attached hydrogens (tertiary/aromatic N) is 3. The first-order valence-electron chi connectivity index (χ1n) is 6.84. The Kier molecular flexibility index (Phi) is 4.21. The molecule has 1 N–H and O–H groups in total. The summed E-state index contributed by atoms with van der Waals surface area (Å²) in [5.41, 5.74) is 1.44. The zero-order chi connectivity index (χ0) is 15.5. The van der Waals surface area contributed by atoms with Crippen LogP contribution in [0.15, 0.2) is 43.0 Å². The van der Waals surface area contributed by atoms with Crippen molar-refractivity contribution in [2.45, 2.75) is 26.3 Å². The van der Waals surface area contributed by atoms with E-state index in [2.05, 4.69) is 22.0 Å². The number of carbonyl (C=O) groups is 1. The van der Waals surface area contributed by atoms with Crippen molar-refractivity contribution < 1.29 is 4.79 Å². The van der Waals surface area contributed by atoms with Gasteiger partial charge in [-0.05, 0) is 20.8 Å². The Morgan fingerprint density at radius 3 is 2.52 bits per heavy atom. The fraction of sp³-hybridized carbons (Fsp3) is 0.312. The van der Waals surface area contributed by atoms with Crippen molar-refractivity contribution in [1.82, 2.24) is 20.3 Å². The lowest BCUT2D eigenvalue weighted by Crippen LogP contribution is -2.46. The van der Waals surface area contributed by atoms with E-state index in [4.69, 9.17) is 0 Å². The number of aromatic amines is 1. The summed E-state index contributed by atoms with van der Waals surface area (Å²) in [7, 11) is 0. The maximum absolute atomic E-state index is 12.8. The normalized spacial score (nSPS) is 11.2. The minimum atomic E-state index is -0.321. The Labute approximate surface area is 124 Å². The number of hydrogen-bond donors (Lipinski definition) is 1. The number of nitrogens with one attached hydrogen (secondary N) is 1. The van der Waals surface area contributed by atoms with Gasteiger partial charge in [0.05, 0.1) is 0 Å². The molecule has 0 bridgehead atoms. The fourth-order valence-corrected chi connectivity index (χ4v) is 2.10. The van der Waals surface area contributed by atoms with Crippen LogP contribution in [-0.2, 0) is 0 Å². The van der Waals surface area contributed by atoms with E-state index in [9.17, 15) is 4.79 Å². The summed E-state index contributed by atoms with van der Waals surface area (Å²) in [4.78, 5) is 14.5. The first-order valence-corrected chi connectivity index (χ1v) is 6.84. The molecule has 1 aromatic carbocycles. The highest BCUT2D eigenvalue weighted by atomic mass is 16.2. The van der Waals surface area contributed by atoms with Crippen LogP contribution in [0, 0.1) is 0 Å². The van der Waals surface area contributed by atoms with Crippen molar-refractivity contribution >= 4 is 5.91 Å². The second-order valence-corrected chi connectivity index (χ2v) is 5.76. The summed E-state index contributed by atoms with van der Waals surface area (Å²) in [6.45, 7) is 10.1. The van der Waals surface area contributed by atoms with Gasteiger partial charge in [0.15, 0.2) is 5.69 Å². The van der Waals surface area contributed by atoms with Crippen molar-refractivity contribution in [3.63, 3.8) is 0 Å². The second-order valence-electron chi connectivity index (χ2n) is 5.76. The highest BCUT2D eigenvalue weighted by molar-refractivity contribution is 5.98. The number of H-pyrrole nitrogens is 1. The van der Waals surface area contributed by atoms with Crippen molar-refractivity contribution in [3.05, 3.63) is 48.7 Å². The minimum Gasteiger partial charge on any atom is -0.329 e. The third-order valence-electron chi connectivity index (χ3n) is 3.16. The van der Waals surface area contributed by atoms with Gasteiger partial charge in [0.25, 0.3) is 5.91 Å². The minimum absolute atomic E-state index is 0.157. The van der Waals surface area contributed by atoms with Gasteiger partial charge in [0.1, 0.15) is 5.69 Å². The summed E-state index contributed by atoms with van der Waals surface area (Å²) < 4.78 is 0. The molecule has 0 saturated carbocycles. The van der Waals surface area contributed by atoms with Crippen LogP contribution in [0.3, 0.4) is 0 Å². The van der Waals surface area contributed by atoms with E-state index < -0.39 is 0 Å². The smallest absolute Gasteiger partial charge is 0.277 e. The molecule has 2 aromatic rings. The van der Waals surface area contributed by atoms with E-state index in [0.717, 1.165) is 5.56 Å². The molecule has 0 aliphatic carbocycles. The molecule has 0 saturated heterocycles. The van der Waals surface area contributed by atoms with Crippen molar-refractivity contribution in [2.75, 3.05) is 6.54 Å². The summed E-state index contributed by atoms with van der Waals surface area (Å²) in [5.74, 6) is -0.157. The number of rotatable bonds is 4. The number of hydrogen-bond acceptors (Lipinski definition) is 3. The van der Waals surface area contributed by atoms with Crippen LogP contribution in [-0.4, -0.2) is 38.3 Å². The molecule has 0 fully saturated rings. The summed E-state index contributed by atoms with van der Waals surface area (Å²) in [6.07, 6.45) is 1.71. The monoisotopic (exact) mass is 284 g/mol. The third-order valence-corrected chi connectivity index (χ3v) is 3.16. The van der Waals surface area contributed by atoms with Gasteiger partial charge in [-0.15, -0.1) is 6.58 Å². The molecule has 0 atom stereocenters. The van der Waals surface area contributed by atoms with Gasteiger partial charge in [-0.3, -0.25) is 4.79 Å². The Balaban J connectivity index is 2.41. The Bertz CT molecular complexity index is 625. The van der Waals surface area contributed by atoms with Gasteiger partial charge in [0.2, 0.25) is 0 Å². The molecule has 0 unspecified atom stereocenters. The lowest BCUT2D eigenvalue weighted by Gasteiger charge is -2.34. The Morgan fingerprint density at radius 1 is 1.29 bits per heavy atom. The molecular formula is C16H20N4O. The largest absolute Gasteiger partial charge is 0.329 e. The van der Waals surface area contributed by atoms with Gasteiger partial charge in [-0.2, -0.15) is 15.4 Å². The zero-order valence-electron chi connectivity index (χ0n) is 12.6. The predicted octanol–water partition coefficient (Wildman–Crippen LogP) is 2.90. The van der Waals surface area contributed by atoms with E-state index in [1.807, 2.05) is 51.1 Å². The molecule has 1 heterocycles. The highest BCUT2D eigenvalue weighted by Crippen LogP contribution is 2.23. The lowest BCUT2D eigenvalue weighted by atomic mass is 10.0. The SMILES string of the molecule is C=CCN(C(=O)c1n[nH]nc1-c1ccccc1)C(C)(C)C. The average molecular weight is 284 g/mol. The van der Waals surface area contributed by atoms with Crippen molar-refractivity contribution in [2.24, 2.45) is 0 Å². The predicted molar refractivity (Wildman–Crippen MR) is 82.8 cm³/mol. The highest BCUT2D eigenvalue weighted by Gasteiger charge is 2.30. The van der Waals surface area contributed by atoms with Crippen LogP contribution in [0.2, 0.25) is 0 Å². The quantitative estimate of drug-likeness (QED) is 0.878. The van der Waals surface area contributed by atoms with E-state index >= 15 is 0 Å². The summed E-state index contributed by atoms with van der Waals surface area (Å²) >= 11 is 0. The summed E-state index contributed by atoms with van der Waals surface area (Å²) in [6, 6.07) is 9.55. The molecule has 1 aromatic heterocycles. The van der Waals surface area contributed by atoms with Crippen molar-refractivity contribution in [1.29, 1.82) is 0 Å². The molecule has 0 spiro atoms. The van der Waals surface area contributed by atoms with E-state index in [-0.39, 0.29) is 11.4 Å². The number of aromatic nitrogens is 3. The second kappa shape index (κ2) is 5.91. The topological polar surface area (TPSA) is 61.9 Å². The van der Waals surface area contributed by atoms with E-state index in [1.54, 1.807) is 11.0 Å². The lowest BCUT2D eigenvalue weighted by molar-refractivity contribution is 0.0611. The molecule has 110 valence electrons. The molecule has 2 rings (SSSR count). The molecule has 0 aliphatic heterocycles. The first-order chi connectivity index (χ1) is 9.95. The standard InChI is InChI=1S/C16H20N4O/c1-5-11-20(16(2,3)4)15(21)14-13(17-19-18-14)12-9-7-6-8-10-12/h5-10H,1,11H2,2-4H3,(H,17,18,19). The van der Waals surface area contributed by atoms with Crippen molar-refractivity contribution in [3.8, 4) is 11.3 Å². The Hall–Kier alpha value is -2.43. The Morgan fingerprint density at radius 2 is 1.95 bits per heavy atom. The molecular weight excluding hydrogens is 264 g/mol. The molecule has 0 aliphatic rings. The van der Waals surface area contributed by atoms with Gasteiger partial charge in [-0.1, -0.05) is 36.4 Å². The van der Waals surface area contributed by atoms with Crippen LogP contribution in [0.5, 0.6) is 0 Å². The van der Waals surface area contributed by atoms with Crippen LogP contribution in [0.4, 0.5) is 0 Å². The van der Waals surface area contributed by atoms with E-state index in [1.165, 1.54) is 0 Å². The molecule has 5 heteroatoms. The average Bonchev–Trinajstić information content (AvgIpc) is 2.93. The molecule has 1 amide bonds. The van der Waals surface area contributed by atoms with Crippen LogP contribution in [0.25, 0.3) is 11.3 Å². The van der Waals surface area contributed by atoms with Gasteiger partial charge in [0, 0.05) is 17.6 Å². The van der Waals surface area contributed by atoms with Gasteiger partial charge >= 0.3 is 0 Å². The van der Waals surface area contributed by atoms with Crippen LogP contribution in [0.1, 0.15) is 31.3 Å². The number of amides is 1. The number of benzene rings is 1. The first kappa shape index (κ1) is 15.0. The number of carbonyl (C=O) groups excluding carboxylic acids is 1. The maximum Gasteiger partial charge on any atom is 0.277 e. The van der Waals surface area contributed by atoms with Gasteiger partial charge in [-0.25, -0.2) is 0 Å². The van der Waals surface area contributed by atoms with Crippen LogP contribution >= 0.6 is 0 Å². The maximum atomic E-state index is 12.8. The van der Waals surface area contributed by atoms with E-state index in [0.29, 0.717) is 17.9 Å². The summed E-state index contributed by atoms with van der Waals surface area (Å²) in [5, 5.41) is 10.7. The molecule has 21 heavy (non-hydrogen) atoms.